The lowest BCUT2D eigenvalue weighted by molar-refractivity contribution is 0.134. The van der Waals surface area contributed by atoms with Gasteiger partial charge in [0.05, 0.1) is 6.61 Å². The molecule has 0 rings (SSSR count). The highest BCUT2D eigenvalue weighted by molar-refractivity contribution is 4.50. The van der Waals surface area contributed by atoms with Crippen LogP contribution in [0.3, 0.4) is 0 Å². The van der Waals surface area contributed by atoms with Gasteiger partial charge >= 0.3 is 0 Å². The van der Waals surface area contributed by atoms with Crippen molar-refractivity contribution in [3.05, 3.63) is 0 Å². The molecule has 0 atom stereocenters. The molecule has 0 aliphatic heterocycles. The molecule has 0 aromatic rings. The van der Waals surface area contributed by atoms with Crippen molar-refractivity contribution in [2.45, 2.75) is 6.42 Å². The van der Waals surface area contributed by atoms with Gasteiger partial charge in [0.25, 0.3) is 0 Å². The van der Waals surface area contributed by atoms with E-state index in [0.717, 1.165) is 45.8 Å². The molecule has 0 aromatic carbocycles. The van der Waals surface area contributed by atoms with Crippen LogP contribution >= 0.6 is 0 Å². The minimum absolute atomic E-state index is 0.814. The van der Waals surface area contributed by atoms with E-state index in [9.17, 15) is 0 Å². The van der Waals surface area contributed by atoms with Gasteiger partial charge in [-0.15, -0.1) is 0 Å². The number of rotatable bonds is 10. The van der Waals surface area contributed by atoms with Crippen molar-refractivity contribution in [2.75, 3.05) is 60.5 Å². The van der Waals surface area contributed by atoms with E-state index in [1.165, 1.54) is 0 Å². The molecule has 4 nitrogen and oxygen atoms in total. The standard InChI is InChI=1S/C10H25N3O/c1-11-7-10-14-9-4-5-12-6-8-13(2)3/h11-12H,4-10H2,1-3H3. The van der Waals surface area contributed by atoms with Crippen LogP contribution in [-0.4, -0.2) is 65.4 Å². The second-order valence-electron chi connectivity index (χ2n) is 3.62. The Morgan fingerprint density at radius 2 is 1.86 bits per heavy atom. The van der Waals surface area contributed by atoms with Gasteiger partial charge in [-0.2, -0.15) is 0 Å². The van der Waals surface area contributed by atoms with E-state index in [0.29, 0.717) is 0 Å². The number of hydrogen-bond donors (Lipinski definition) is 2. The highest BCUT2D eigenvalue weighted by Crippen LogP contribution is 1.80. The zero-order valence-corrected chi connectivity index (χ0v) is 9.81. The summed E-state index contributed by atoms with van der Waals surface area (Å²) in [5.41, 5.74) is 0. The van der Waals surface area contributed by atoms with E-state index in [-0.39, 0.29) is 0 Å². The fourth-order valence-corrected chi connectivity index (χ4v) is 1.00. The van der Waals surface area contributed by atoms with Crippen LogP contribution in [0.2, 0.25) is 0 Å². The monoisotopic (exact) mass is 203 g/mol. The van der Waals surface area contributed by atoms with Crippen molar-refractivity contribution in [3.63, 3.8) is 0 Å². The van der Waals surface area contributed by atoms with Gasteiger partial charge in [0.1, 0.15) is 0 Å². The van der Waals surface area contributed by atoms with Crippen LogP contribution in [0.5, 0.6) is 0 Å². The lowest BCUT2D eigenvalue weighted by atomic mass is 10.4. The van der Waals surface area contributed by atoms with Gasteiger partial charge < -0.3 is 20.3 Å². The van der Waals surface area contributed by atoms with Crippen LogP contribution < -0.4 is 10.6 Å². The third-order valence-electron chi connectivity index (χ3n) is 1.87. The number of nitrogens with one attached hydrogen (secondary N) is 2. The summed E-state index contributed by atoms with van der Waals surface area (Å²) in [6.07, 6.45) is 1.09. The van der Waals surface area contributed by atoms with Crippen LogP contribution in [0.25, 0.3) is 0 Å². The van der Waals surface area contributed by atoms with E-state index in [2.05, 4.69) is 29.6 Å². The van der Waals surface area contributed by atoms with E-state index >= 15 is 0 Å². The summed E-state index contributed by atoms with van der Waals surface area (Å²) in [5, 5.41) is 6.42. The first-order chi connectivity index (χ1) is 6.77. The zero-order valence-electron chi connectivity index (χ0n) is 9.81. The summed E-state index contributed by atoms with van der Waals surface area (Å²) in [5.74, 6) is 0. The normalized spacial score (nSPS) is 11.1. The maximum atomic E-state index is 5.39. The van der Waals surface area contributed by atoms with Gasteiger partial charge in [0, 0.05) is 26.2 Å². The van der Waals surface area contributed by atoms with Gasteiger partial charge in [0.15, 0.2) is 0 Å². The summed E-state index contributed by atoms with van der Waals surface area (Å²) in [6.45, 7) is 5.82. The van der Waals surface area contributed by atoms with Crippen molar-refractivity contribution in [2.24, 2.45) is 0 Å². The molecule has 0 aliphatic rings. The number of likely N-dealkylation sites (N-methyl/N-ethyl adjacent to an activating group) is 2. The molecule has 0 fully saturated rings. The van der Waals surface area contributed by atoms with Gasteiger partial charge in [-0.05, 0) is 34.1 Å². The largest absolute Gasteiger partial charge is 0.380 e. The van der Waals surface area contributed by atoms with Crippen molar-refractivity contribution in [3.8, 4) is 0 Å². The first kappa shape index (κ1) is 13.8. The smallest absolute Gasteiger partial charge is 0.0590 e. The average Bonchev–Trinajstić information content (AvgIpc) is 2.15. The quantitative estimate of drug-likeness (QED) is 0.481. The second-order valence-corrected chi connectivity index (χ2v) is 3.62. The molecule has 86 valence electrons. The molecule has 0 amide bonds. The highest BCUT2D eigenvalue weighted by atomic mass is 16.5. The van der Waals surface area contributed by atoms with E-state index < -0.39 is 0 Å². The molecule has 0 unspecified atom stereocenters. The van der Waals surface area contributed by atoms with Crippen molar-refractivity contribution in [1.29, 1.82) is 0 Å². The minimum Gasteiger partial charge on any atom is -0.380 e. The molecular weight excluding hydrogens is 178 g/mol. The van der Waals surface area contributed by atoms with Crippen molar-refractivity contribution in [1.82, 2.24) is 15.5 Å². The maximum Gasteiger partial charge on any atom is 0.0590 e. The number of ether oxygens (including phenoxy) is 1. The molecular formula is C10H25N3O. The molecule has 0 radical (unpaired) electrons. The number of hydrogen-bond acceptors (Lipinski definition) is 4. The minimum atomic E-state index is 0.814. The summed E-state index contributed by atoms with van der Waals surface area (Å²) >= 11 is 0. The SMILES string of the molecule is CNCCOCCCNCCN(C)C. The van der Waals surface area contributed by atoms with Gasteiger partial charge in [-0.25, -0.2) is 0 Å². The molecule has 2 N–H and O–H groups in total. The summed E-state index contributed by atoms with van der Waals surface area (Å²) in [6, 6.07) is 0. The van der Waals surface area contributed by atoms with E-state index in [1.54, 1.807) is 0 Å². The topological polar surface area (TPSA) is 36.5 Å². The van der Waals surface area contributed by atoms with Crippen LogP contribution in [0, 0.1) is 0 Å². The van der Waals surface area contributed by atoms with Crippen LogP contribution in [0.15, 0.2) is 0 Å². The lowest BCUT2D eigenvalue weighted by Gasteiger charge is -2.10. The predicted octanol–water partition coefficient (Wildman–Crippen LogP) is -0.236. The third-order valence-corrected chi connectivity index (χ3v) is 1.87. The van der Waals surface area contributed by atoms with Gasteiger partial charge in [-0.3, -0.25) is 0 Å². The summed E-state index contributed by atoms with van der Waals surface area (Å²) in [7, 11) is 6.11. The molecule has 0 aliphatic carbocycles. The Morgan fingerprint density at radius 3 is 2.50 bits per heavy atom. The summed E-state index contributed by atoms with van der Waals surface area (Å²) in [4.78, 5) is 2.18. The van der Waals surface area contributed by atoms with Crippen LogP contribution in [0.1, 0.15) is 6.42 Å². The van der Waals surface area contributed by atoms with Crippen LogP contribution in [-0.2, 0) is 4.74 Å². The molecule has 0 heterocycles. The molecule has 14 heavy (non-hydrogen) atoms. The lowest BCUT2D eigenvalue weighted by Crippen LogP contribution is -2.27. The molecule has 0 saturated heterocycles. The molecule has 0 spiro atoms. The summed E-state index contributed by atoms with van der Waals surface area (Å²) < 4.78 is 5.39. The van der Waals surface area contributed by atoms with Crippen molar-refractivity contribution >= 4 is 0 Å². The molecule has 0 saturated carbocycles. The highest BCUT2D eigenvalue weighted by Gasteiger charge is 1.91. The second kappa shape index (κ2) is 10.9. The Bertz CT molecular complexity index is 110. The van der Waals surface area contributed by atoms with Crippen LogP contribution in [0.4, 0.5) is 0 Å². The predicted molar refractivity (Wildman–Crippen MR) is 60.8 cm³/mol. The van der Waals surface area contributed by atoms with Gasteiger partial charge in [-0.1, -0.05) is 0 Å². The van der Waals surface area contributed by atoms with Gasteiger partial charge in [0.2, 0.25) is 0 Å². The Morgan fingerprint density at radius 1 is 1.07 bits per heavy atom. The van der Waals surface area contributed by atoms with E-state index in [4.69, 9.17) is 4.74 Å². The zero-order chi connectivity index (χ0) is 10.6. The molecule has 0 bridgehead atoms. The Labute approximate surface area is 88.0 Å². The Balaban J connectivity index is 2.85. The molecule has 4 heteroatoms. The Hall–Kier alpha value is -0.160. The first-order valence-corrected chi connectivity index (χ1v) is 5.35. The maximum absolute atomic E-state index is 5.39. The first-order valence-electron chi connectivity index (χ1n) is 5.35. The number of nitrogens with zero attached hydrogens (tertiary/aromatic N) is 1. The average molecular weight is 203 g/mol. The third kappa shape index (κ3) is 11.8. The fourth-order valence-electron chi connectivity index (χ4n) is 1.00. The van der Waals surface area contributed by atoms with E-state index in [1.807, 2.05) is 7.05 Å². The fraction of sp³-hybridized carbons (Fsp3) is 1.00. The molecule has 0 aromatic heterocycles. The van der Waals surface area contributed by atoms with Crippen molar-refractivity contribution < 1.29 is 4.74 Å². The Kier molecular flexibility index (Phi) is 10.8.